The van der Waals surface area contributed by atoms with Crippen LogP contribution >= 0.6 is 23.4 Å². The largest absolute Gasteiger partial charge is 0.369 e. The number of halogens is 2. The summed E-state index contributed by atoms with van der Waals surface area (Å²) in [6.07, 6.45) is 1.38. The smallest absolute Gasteiger partial charge is 0.227 e. The molecule has 1 aromatic heterocycles. The first-order valence-electron chi connectivity index (χ1n) is 6.32. The Balaban J connectivity index is 2.64. The predicted octanol–water partition coefficient (Wildman–Crippen LogP) is 2.17. The second kappa shape index (κ2) is 6.50. The minimum Gasteiger partial charge on any atom is -0.369 e. The van der Waals surface area contributed by atoms with E-state index in [-0.39, 0.29) is 21.7 Å². The molecule has 0 aliphatic carbocycles. The van der Waals surface area contributed by atoms with E-state index in [9.17, 15) is 18.8 Å². The quantitative estimate of drug-likeness (QED) is 0.923. The fourth-order valence-electron chi connectivity index (χ4n) is 2.01. The zero-order valence-electron chi connectivity index (χ0n) is 11.6. The van der Waals surface area contributed by atoms with Gasteiger partial charge >= 0.3 is 0 Å². The third kappa shape index (κ3) is 3.15. The molecule has 1 aromatic carbocycles. The molecule has 1 amide bonds. The highest BCUT2D eigenvalue weighted by molar-refractivity contribution is 8.14. The van der Waals surface area contributed by atoms with Crippen LogP contribution in [-0.2, 0) is 11.3 Å². The number of fused-ring (bicyclic) bond motifs is 1. The number of primary amides is 1. The van der Waals surface area contributed by atoms with Gasteiger partial charge in [0.1, 0.15) is 5.82 Å². The van der Waals surface area contributed by atoms with Gasteiger partial charge in [-0.25, -0.2) is 4.39 Å². The number of hydrogen-bond donors (Lipinski definition) is 1. The molecule has 1 heterocycles. The Morgan fingerprint density at radius 2 is 2.09 bits per heavy atom. The number of thioether (sulfide) groups is 1. The summed E-state index contributed by atoms with van der Waals surface area (Å²) in [6, 6.07) is 2.36. The van der Waals surface area contributed by atoms with Crippen molar-refractivity contribution in [1.29, 1.82) is 0 Å². The van der Waals surface area contributed by atoms with Crippen molar-refractivity contribution in [2.75, 3.05) is 5.75 Å². The molecule has 0 spiro atoms. The average Bonchev–Trinajstić information content (AvgIpc) is 2.47. The van der Waals surface area contributed by atoms with Crippen molar-refractivity contribution in [3.05, 3.63) is 45.0 Å². The van der Waals surface area contributed by atoms with Crippen molar-refractivity contribution in [3.8, 4) is 0 Å². The predicted molar refractivity (Wildman–Crippen MR) is 84.8 cm³/mol. The van der Waals surface area contributed by atoms with Crippen LogP contribution in [0.2, 0.25) is 5.02 Å². The summed E-state index contributed by atoms with van der Waals surface area (Å²) < 4.78 is 15.2. The number of rotatable bonds is 4. The molecule has 0 saturated carbocycles. The molecule has 0 aliphatic rings. The lowest BCUT2D eigenvalue weighted by Gasteiger charge is -2.11. The first-order valence-corrected chi connectivity index (χ1v) is 7.69. The van der Waals surface area contributed by atoms with E-state index in [4.69, 9.17) is 17.3 Å². The van der Waals surface area contributed by atoms with Crippen LogP contribution in [0.25, 0.3) is 10.9 Å². The SMILES string of the molecule is CCn1cc(C(=O)SCC(N)=O)c(=O)c2cc(F)c(Cl)cc21. The molecule has 0 bridgehead atoms. The minimum absolute atomic E-state index is 0.0641. The Bertz CT molecular complexity index is 835. The molecule has 5 nitrogen and oxygen atoms in total. The van der Waals surface area contributed by atoms with Crippen LogP contribution in [0.3, 0.4) is 0 Å². The number of nitrogens with zero attached hydrogens (tertiary/aromatic N) is 1. The molecule has 0 aliphatic heterocycles. The lowest BCUT2D eigenvalue weighted by atomic mass is 10.1. The normalized spacial score (nSPS) is 10.9. The molecule has 0 atom stereocenters. The molecule has 116 valence electrons. The first kappa shape index (κ1) is 16.5. The number of hydrogen-bond acceptors (Lipinski definition) is 4. The number of aromatic nitrogens is 1. The maximum absolute atomic E-state index is 13.6. The van der Waals surface area contributed by atoms with Crippen LogP contribution in [0.5, 0.6) is 0 Å². The molecule has 2 rings (SSSR count). The molecular formula is C14H12ClFN2O3S. The van der Waals surface area contributed by atoms with Crippen molar-refractivity contribution in [1.82, 2.24) is 4.57 Å². The summed E-state index contributed by atoms with van der Waals surface area (Å²) in [5, 5.41) is -0.617. The van der Waals surface area contributed by atoms with E-state index in [1.165, 1.54) is 12.3 Å². The van der Waals surface area contributed by atoms with Crippen molar-refractivity contribution in [2.45, 2.75) is 13.5 Å². The van der Waals surface area contributed by atoms with Gasteiger partial charge in [-0.2, -0.15) is 0 Å². The van der Waals surface area contributed by atoms with Crippen molar-refractivity contribution >= 4 is 45.3 Å². The number of pyridine rings is 1. The zero-order valence-corrected chi connectivity index (χ0v) is 13.1. The highest BCUT2D eigenvalue weighted by Gasteiger charge is 2.17. The van der Waals surface area contributed by atoms with Gasteiger partial charge in [0.25, 0.3) is 0 Å². The zero-order chi connectivity index (χ0) is 16.4. The Hall–Kier alpha value is -1.86. The van der Waals surface area contributed by atoms with Gasteiger partial charge in [-0.05, 0) is 19.1 Å². The maximum atomic E-state index is 13.6. The second-order valence-electron chi connectivity index (χ2n) is 4.48. The monoisotopic (exact) mass is 342 g/mol. The molecule has 8 heteroatoms. The van der Waals surface area contributed by atoms with Crippen molar-refractivity contribution in [2.24, 2.45) is 5.73 Å². The number of amides is 1. The Morgan fingerprint density at radius 1 is 1.41 bits per heavy atom. The Kier molecular flexibility index (Phi) is 4.87. The van der Waals surface area contributed by atoms with Gasteiger partial charge in [0, 0.05) is 18.1 Å². The summed E-state index contributed by atoms with van der Waals surface area (Å²) in [5.74, 6) is -1.62. The molecule has 22 heavy (non-hydrogen) atoms. The van der Waals surface area contributed by atoms with Crippen LogP contribution in [-0.4, -0.2) is 21.3 Å². The van der Waals surface area contributed by atoms with Gasteiger partial charge < -0.3 is 10.3 Å². The maximum Gasteiger partial charge on any atom is 0.227 e. The number of nitrogens with two attached hydrogens (primary N) is 1. The highest BCUT2D eigenvalue weighted by Crippen LogP contribution is 2.22. The number of carbonyl (C=O) groups is 2. The van der Waals surface area contributed by atoms with Crippen LogP contribution in [0.1, 0.15) is 17.3 Å². The van der Waals surface area contributed by atoms with Crippen LogP contribution in [0.4, 0.5) is 4.39 Å². The lowest BCUT2D eigenvalue weighted by molar-refractivity contribution is -0.115. The van der Waals surface area contributed by atoms with E-state index in [0.29, 0.717) is 23.8 Å². The van der Waals surface area contributed by atoms with Gasteiger partial charge in [-0.15, -0.1) is 0 Å². The molecule has 2 N–H and O–H groups in total. The summed E-state index contributed by atoms with van der Waals surface area (Å²) in [4.78, 5) is 35.2. The van der Waals surface area contributed by atoms with E-state index in [2.05, 4.69) is 0 Å². The Labute approximate surface area is 134 Å². The topological polar surface area (TPSA) is 82.2 Å². The van der Waals surface area contributed by atoms with Gasteiger partial charge in [-0.1, -0.05) is 23.4 Å². The van der Waals surface area contributed by atoms with Crippen molar-refractivity contribution < 1.29 is 14.0 Å². The van der Waals surface area contributed by atoms with Crippen LogP contribution < -0.4 is 11.2 Å². The molecule has 0 saturated heterocycles. The van der Waals surface area contributed by atoms with E-state index in [1.807, 2.05) is 6.92 Å². The Morgan fingerprint density at radius 3 is 2.68 bits per heavy atom. The number of aryl methyl sites for hydroxylation is 1. The third-order valence-corrected chi connectivity index (χ3v) is 4.23. The number of carbonyl (C=O) groups excluding carboxylic acids is 2. The average molecular weight is 343 g/mol. The van der Waals surface area contributed by atoms with Crippen LogP contribution in [0.15, 0.2) is 23.1 Å². The fraction of sp³-hybridized carbons (Fsp3) is 0.214. The summed E-state index contributed by atoms with van der Waals surface area (Å²) in [7, 11) is 0. The molecule has 0 unspecified atom stereocenters. The fourth-order valence-corrected chi connectivity index (χ4v) is 2.74. The van der Waals surface area contributed by atoms with Gasteiger partial charge in [0.2, 0.25) is 16.5 Å². The highest BCUT2D eigenvalue weighted by atomic mass is 35.5. The molecule has 0 fully saturated rings. The second-order valence-corrected chi connectivity index (χ2v) is 5.84. The van der Waals surface area contributed by atoms with Gasteiger partial charge in [-0.3, -0.25) is 14.4 Å². The minimum atomic E-state index is -0.733. The van der Waals surface area contributed by atoms with Crippen LogP contribution in [0, 0.1) is 5.82 Å². The third-order valence-electron chi connectivity index (χ3n) is 3.03. The first-order chi connectivity index (χ1) is 10.3. The lowest BCUT2D eigenvalue weighted by Crippen LogP contribution is -2.20. The van der Waals surface area contributed by atoms with E-state index >= 15 is 0 Å². The van der Waals surface area contributed by atoms with Crippen molar-refractivity contribution in [3.63, 3.8) is 0 Å². The summed E-state index contributed by atoms with van der Waals surface area (Å²) in [5.41, 5.74) is 4.70. The number of benzene rings is 1. The van der Waals surface area contributed by atoms with Gasteiger partial charge in [0.15, 0.2) is 0 Å². The summed E-state index contributed by atoms with van der Waals surface area (Å²) in [6.45, 7) is 2.27. The molecule has 0 radical (unpaired) electrons. The summed E-state index contributed by atoms with van der Waals surface area (Å²) >= 11 is 6.38. The molecule has 2 aromatic rings. The van der Waals surface area contributed by atoms with E-state index in [0.717, 1.165) is 6.07 Å². The van der Waals surface area contributed by atoms with E-state index in [1.54, 1.807) is 4.57 Å². The van der Waals surface area contributed by atoms with E-state index < -0.39 is 22.3 Å². The van der Waals surface area contributed by atoms with Gasteiger partial charge in [0.05, 0.1) is 21.9 Å². The molecular weight excluding hydrogens is 331 g/mol. The standard InChI is InChI=1S/C14H12ClFN2O3S/c1-2-18-5-8(14(21)22-6-12(17)19)13(20)7-3-10(16)9(15)4-11(7)18/h3-5H,2,6H2,1H3,(H2,17,19).